The Kier molecular flexibility index (Phi) is 3.14. The van der Waals surface area contributed by atoms with Gasteiger partial charge in [-0.05, 0) is 55.4 Å². The summed E-state index contributed by atoms with van der Waals surface area (Å²) in [6.45, 7) is -0.231. The van der Waals surface area contributed by atoms with E-state index >= 15 is 0 Å². The molecule has 0 spiro atoms. The van der Waals surface area contributed by atoms with E-state index in [0.717, 1.165) is 24.2 Å². The summed E-state index contributed by atoms with van der Waals surface area (Å²) >= 11 is 0. The van der Waals surface area contributed by atoms with Crippen molar-refractivity contribution < 1.29 is 19.5 Å². The van der Waals surface area contributed by atoms with E-state index in [1.54, 1.807) is 12.1 Å². The molecular formula is C17H18N2O4. The first-order valence-corrected chi connectivity index (χ1v) is 7.98. The Morgan fingerprint density at radius 2 is 1.65 bits per heavy atom. The Labute approximate surface area is 133 Å². The number of phenolic OH excluding ortho intramolecular Hbond substituents is 1. The van der Waals surface area contributed by atoms with Gasteiger partial charge in [-0.25, -0.2) is 0 Å². The molecule has 4 rings (SSSR count). The van der Waals surface area contributed by atoms with Crippen molar-refractivity contribution in [2.75, 3.05) is 11.9 Å². The number of nitrogens with one attached hydrogen (secondary N) is 1. The normalized spacial score (nSPS) is 31.6. The van der Waals surface area contributed by atoms with Gasteiger partial charge in [0.15, 0.2) is 0 Å². The van der Waals surface area contributed by atoms with Crippen LogP contribution in [0.1, 0.15) is 19.3 Å². The molecule has 3 aliphatic rings. The summed E-state index contributed by atoms with van der Waals surface area (Å²) in [7, 11) is 0. The van der Waals surface area contributed by atoms with E-state index in [0.29, 0.717) is 17.5 Å². The van der Waals surface area contributed by atoms with Gasteiger partial charge in [0, 0.05) is 5.69 Å². The number of hydrogen-bond donors (Lipinski definition) is 2. The van der Waals surface area contributed by atoms with E-state index in [2.05, 4.69) is 5.32 Å². The van der Waals surface area contributed by atoms with Gasteiger partial charge in [0.1, 0.15) is 12.3 Å². The van der Waals surface area contributed by atoms with Crippen molar-refractivity contribution in [2.45, 2.75) is 19.3 Å². The molecule has 1 aliphatic heterocycles. The highest BCUT2D eigenvalue weighted by molar-refractivity contribution is 6.09. The van der Waals surface area contributed by atoms with Crippen LogP contribution in [0.25, 0.3) is 0 Å². The third-order valence-corrected chi connectivity index (χ3v) is 5.47. The first kappa shape index (κ1) is 14.2. The molecular weight excluding hydrogens is 296 g/mol. The van der Waals surface area contributed by atoms with Gasteiger partial charge in [-0.3, -0.25) is 19.3 Å². The molecule has 0 radical (unpaired) electrons. The third kappa shape index (κ3) is 2.20. The van der Waals surface area contributed by atoms with Crippen LogP contribution in [-0.4, -0.2) is 34.3 Å². The van der Waals surface area contributed by atoms with Gasteiger partial charge in [0.2, 0.25) is 17.7 Å². The second-order valence-corrected chi connectivity index (χ2v) is 6.74. The van der Waals surface area contributed by atoms with Gasteiger partial charge in [-0.2, -0.15) is 0 Å². The Bertz CT molecular complexity index is 656. The summed E-state index contributed by atoms with van der Waals surface area (Å²) in [6, 6.07) is 6.05. The van der Waals surface area contributed by atoms with Gasteiger partial charge < -0.3 is 10.4 Å². The van der Waals surface area contributed by atoms with Gasteiger partial charge in [0.05, 0.1) is 11.8 Å². The van der Waals surface area contributed by atoms with Crippen LogP contribution in [0.2, 0.25) is 0 Å². The average Bonchev–Trinajstić information content (AvgIpc) is 3.19. The molecule has 4 atom stereocenters. The number of hydrogen-bond acceptors (Lipinski definition) is 4. The van der Waals surface area contributed by atoms with Crippen LogP contribution >= 0.6 is 0 Å². The number of imide groups is 1. The molecule has 2 bridgehead atoms. The zero-order valence-electron chi connectivity index (χ0n) is 12.6. The van der Waals surface area contributed by atoms with Crippen LogP contribution in [0.4, 0.5) is 5.69 Å². The number of benzene rings is 1. The van der Waals surface area contributed by atoms with E-state index in [1.165, 1.54) is 12.1 Å². The Balaban J connectivity index is 1.44. The summed E-state index contributed by atoms with van der Waals surface area (Å²) in [4.78, 5) is 38.3. The topological polar surface area (TPSA) is 86.7 Å². The lowest BCUT2D eigenvalue weighted by atomic mass is 9.81. The van der Waals surface area contributed by atoms with Crippen molar-refractivity contribution in [2.24, 2.45) is 23.7 Å². The molecule has 6 nitrogen and oxygen atoms in total. The van der Waals surface area contributed by atoms with Crippen molar-refractivity contribution in [1.29, 1.82) is 0 Å². The molecule has 1 heterocycles. The maximum Gasteiger partial charge on any atom is 0.244 e. The number of phenols is 1. The molecule has 2 N–H and O–H groups in total. The highest BCUT2D eigenvalue weighted by Crippen LogP contribution is 2.56. The summed E-state index contributed by atoms with van der Waals surface area (Å²) in [6.07, 6.45) is 3.04. The Morgan fingerprint density at radius 1 is 1.09 bits per heavy atom. The van der Waals surface area contributed by atoms with Crippen molar-refractivity contribution in [3.05, 3.63) is 24.3 Å². The minimum absolute atomic E-state index is 0.108. The molecule has 1 aromatic rings. The number of nitrogens with zero attached hydrogens (tertiary/aromatic N) is 1. The monoisotopic (exact) mass is 314 g/mol. The lowest BCUT2D eigenvalue weighted by Gasteiger charge is -2.19. The minimum atomic E-state index is -0.398. The second kappa shape index (κ2) is 5.08. The fraction of sp³-hybridized carbons (Fsp3) is 0.471. The molecule has 2 saturated carbocycles. The van der Waals surface area contributed by atoms with Crippen LogP contribution in [0, 0.1) is 23.7 Å². The molecule has 2 aliphatic carbocycles. The summed E-state index contributed by atoms with van der Waals surface area (Å²) in [5.41, 5.74) is 0.521. The van der Waals surface area contributed by atoms with Crippen LogP contribution in [0.3, 0.4) is 0 Å². The maximum absolute atomic E-state index is 12.5. The first-order chi connectivity index (χ1) is 11.0. The van der Waals surface area contributed by atoms with Gasteiger partial charge in [0.25, 0.3) is 0 Å². The number of rotatable bonds is 3. The lowest BCUT2D eigenvalue weighted by Crippen LogP contribution is -2.39. The quantitative estimate of drug-likeness (QED) is 0.651. The average molecular weight is 314 g/mol. The molecule has 1 aromatic carbocycles. The molecule has 23 heavy (non-hydrogen) atoms. The highest BCUT2D eigenvalue weighted by Gasteiger charge is 2.60. The molecule has 120 valence electrons. The van der Waals surface area contributed by atoms with Crippen LogP contribution in [0.5, 0.6) is 5.75 Å². The summed E-state index contributed by atoms with van der Waals surface area (Å²) < 4.78 is 0. The third-order valence-electron chi connectivity index (χ3n) is 5.47. The zero-order chi connectivity index (χ0) is 16.1. The number of carbonyl (C=O) groups excluding carboxylic acids is 3. The number of anilines is 1. The van der Waals surface area contributed by atoms with E-state index in [-0.39, 0.29) is 35.9 Å². The molecule has 3 fully saturated rings. The second-order valence-electron chi connectivity index (χ2n) is 6.74. The summed E-state index contributed by atoms with van der Waals surface area (Å²) in [5, 5.41) is 11.9. The molecule has 0 unspecified atom stereocenters. The molecule has 3 amide bonds. The van der Waals surface area contributed by atoms with Crippen molar-refractivity contribution >= 4 is 23.4 Å². The zero-order valence-corrected chi connectivity index (χ0v) is 12.6. The highest BCUT2D eigenvalue weighted by atomic mass is 16.3. The fourth-order valence-corrected chi connectivity index (χ4v) is 4.52. The van der Waals surface area contributed by atoms with Gasteiger partial charge in [-0.15, -0.1) is 0 Å². The van der Waals surface area contributed by atoms with Crippen LogP contribution < -0.4 is 5.32 Å². The Morgan fingerprint density at radius 3 is 2.22 bits per heavy atom. The summed E-state index contributed by atoms with van der Waals surface area (Å²) in [5.74, 6) is -0.370. The van der Waals surface area contributed by atoms with E-state index in [1.807, 2.05) is 0 Å². The van der Waals surface area contributed by atoms with Crippen LogP contribution in [0.15, 0.2) is 24.3 Å². The fourth-order valence-electron chi connectivity index (χ4n) is 4.52. The van der Waals surface area contributed by atoms with Crippen molar-refractivity contribution in [3.63, 3.8) is 0 Å². The van der Waals surface area contributed by atoms with E-state index in [9.17, 15) is 19.5 Å². The molecule has 6 heteroatoms. The van der Waals surface area contributed by atoms with Crippen LogP contribution in [-0.2, 0) is 14.4 Å². The number of aromatic hydroxyl groups is 1. The maximum atomic E-state index is 12.5. The van der Waals surface area contributed by atoms with Crippen molar-refractivity contribution in [3.8, 4) is 5.75 Å². The van der Waals surface area contributed by atoms with E-state index < -0.39 is 5.91 Å². The number of amides is 3. The van der Waals surface area contributed by atoms with Crippen molar-refractivity contribution in [1.82, 2.24) is 4.90 Å². The largest absolute Gasteiger partial charge is 0.508 e. The first-order valence-electron chi connectivity index (χ1n) is 7.98. The number of likely N-dealkylation sites (tertiary alicyclic amines) is 1. The smallest absolute Gasteiger partial charge is 0.244 e. The lowest BCUT2D eigenvalue weighted by molar-refractivity contribution is -0.143. The van der Waals surface area contributed by atoms with Gasteiger partial charge in [-0.1, -0.05) is 0 Å². The molecule has 0 aromatic heterocycles. The standard InChI is InChI=1S/C17H18N2O4/c20-12-5-3-11(4-6-12)18-13(21)8-19-16(22)14-9-1-2-10(7-9)15(14)17(19)23/h3-6,9-10,14-15,20H,1-2,7-8H2,(H,18,21)/t9-,10+,14-,15+. The SMILES string of the molecule is O=C(CN1C(=O)[C@@H]2[C@@H]3CC[C@@H](C3)[C@@H]2C1=O)Nc1ccc(O)cc1. The Hall–Kier alpha value is -2.37. The predicted molar refractivity (Wildman–Crippen MR) is 81.3 cm³/mol. The molecule has 1 saturated heterocycles. The number of fused-ring (bicyclic) bond motifs is 5. The van der Waals surface area contributed by atoms with Gasteiger partial charge >= 0.3 is 0 Å². The number of carbonyl (C=O) groups is 3. The minimum Gasteiger partial charge on any atom is -0.508 e. The van der Waals surface area contributed by atoms with E-state index in [4.69, 9.17) is 0 Å². The predicted octanol–water partition coefficient (Wildman–Crippen LogP) is 1.36.